The van der Waals surface area contributed by atoms with Crippen LogP contribution in [0.25, 0.3) is 0 Å². The van der Waals surface area contributed by atoms with E-state index in [2.05, 4.69) is 22.0 Å². The van der Waals surface area contributed by atoms with Gasteiger partial charge in [0.05, 0.1) is 11.5 Å². The van der Waals surface area contributed by atoms with Crippen LogP contribution in [0.1, 0.15) is 54.8 Å². The molecule has 1 aliphatic carbocycles. The van der Waals surface area contributed by atoms with E-state index in [1.807, 2.05) is 31.3 Å². The lowest BCUT2D eigenvalue weighted by Gasteiger charge is -2.25. The van der Waals surface area contributed by atoms with Crippen molar-refractivity contribution in [3.63, 3.8) is 0 Å². The van der Waals surface area contributed by atoms with Gasteiger partial charge >= 0.3 is 0 Å². The lowest BCUT2D eigenvalue weighted by molar-refractivity contribution is -0.184. The van der Waals surface area contributed by atoms with Crippen molar-refractivity contribution in [2.24, 2.45) is 5.10 Å². The quantitative estimate of drug-likeness (QED) is 0.684. The average molecular weight is 435 g/mol. The summed E-state index contributed by atoms with van der Waals surface area (Å²) in [7, 11) is 0. The van der Waals surface area contributed by atoms with Crippen molar-refractivity contribution in [2.75, 3.05) is 13.1 Å². The lowest BCUT2D eigenvalue weighted by Crippen LogP contribution is -2.29. The van der Waals surface area contributed by atoms with E-state index in [4.69, 9.17) is 14.4 Å². The van der Waals surface area contributed by atoms with Gasteiger partial charge in [-0.15, -0.1) is 0 Å². The molecule has 2 aromatic heterocycles. The summed E-state index contributed by atoms with van der Waals surface area (Å²) in [6.07, 6.45) is 12.3. The molecule has 0 amide bonds. The van der Waals surface area contributed by atoms with E-state index in [1.54, 1.807) is 11.4 Å². The number of aliphatic hydroxyl groups is 1. The molecule has 2 aromatic rings. The third-order valence-electron chi connectivity index (χ3n) is 6.41. The highest BCUT2D eigenvalue weighted by atomic mass is 16.7. The summed E-state index contributed by atoms with van der Waals surface area (Å²) in [4.78, 5) is 12.8. The summed E-state index contributed by atoms with van der Waals surface area (Å²) in [6, 6.07) is 5.82. The molecule has 1 fully saturated rings. The zero-order valence-corrected chi connectivity index (χ0v) is 18.5. The van der Waals surface area contributed by atoms with E-state index in [-0.39, 0.29) is 6.04 Å². The Balaban J connectivity index is 1.32. The number of allylic oxidation sites excluding steroid dienone is 2. The monoisotopic (exact) mass is 434 g/mol. The van der Waals surface area contributed by atoms with E-state index in [0.717, 1.165) is 54.4 Å². The molecular formula is C25H30N4O3. The van der Waals surface area contributed by atoms with Crippen LogP contribution in [-0.2, 0) is 18.0 Å². The number of aliphatic hydroxyl groups excluding tert-OH is 1. The van der Waals surface area contributed by atoms with Gasteiger partial charge in [-0.3, -0.25) is 9.88 Å². The highest BCUT2D eigenvalue weighted by Gasteiger charge is 2.33. The fourth-order valence-corrected chi connectivity index (χ4v) is 4.65. The van der Waals surface area contributed by atoms with Crippen LogP contribution in [0.5, 0.6) is 0 Å². The van der Waals surface area contributed by atoms with Gasteiger partial charge in [0.2, 0.25) is 0 Å². The van der Waals surface area contributed by atoms with Gasteiger partial charge in [0.25, 0.3) is 0 Å². The number of pyridine rings is 1. The normalized spacial score (nSPS) is 21.6. The summed E-state index contributed by atoms with van der Waals surface area (Å²) >= 11 is 0. The van der Waals surface area contributed by atoms with Crippen LogP contribution in [0.4, 0.5) is 0 Å². The van der Waals surface area contributed by atoms with Crippen LogP contribution in [0.2, 0.25) is 0 Å². The molecule has 7 nitrogen and oxygen atoms in total. The van der Waals surface area contributed by atoms with Crippen molar-refractivity contribution >= 4 is 5.71 Å². The maximum atomic E-state index is 10.5. The Morgan fingerprint density at radius 2 is 2.16 bits per heavy atom. The number of rotatable bonds is 7. The highest BCUT2D eigenvalue weighted by molar-refractivity contribution is 6.01. The number of likely N-dealkylation sites (tertiary alicyclic amines) is 1. The Bertz CT molecular complexity index is 1030. The molecule has 0 aromatic carbocycles. The summed E-state index contributed by atoms with van der Waals surface area (Å²) in [5, 5.41) is 16.9. The van der Waals surface area contributed by atoms with E-state index in [9.17, 15) is 5.11 Å². The molecule has 0 bridgehead atoms. The molecule has 0 radical (unpaired) electrons. The van der Waals surface area contributed by atoms with Crippen molar-refractivity contribution in [1.82, 2.24) is 15.1 Å². The van der Waals surface area contributed by atoms with Gasteiger partial charge in [-0.25, -0.2) is 4.84 Å². The van der Waals surface area contributed by atoms with Gasteiger partial charge in [-0.2, -0.15) is 10.3 Å². The predicted molar refractivity (Wildman–Crippen MR) is 122 cm³/mol. The molecule has 168 valence electrons. The molecule has 32 heavy (non-hydrogen) atoms. The van der Waals surface area contributed by atoms with Crippen LogP contribution in [0.3, 0.4) is 0 Å². The molecule has 3 aliphatic rings. The number of aromatic nitrogens is 1. The lowest BCUT2D eigenvalue weighted by atomic mass is 9.94. The van der Waals surface area contributed by atoms with Crippen LogP contribution < -0.4 is 0 Å². The van der Waals surface area contributed by atoms with Gasteiger partial charge < -0.3 is 9.52 Å². The third-order valence-corrected chi connectivity index (χ3v) is 6.41. The molecule has 1 N–H and O–H groups in total. The topological polar surface area (TPSA) is 74.3 Å². The van der Waals surface area contributed by atoms with E-state index < -0.39 is 0 Å². The summed E-state index contributed by atoms with van der Waals surface area (Å²) in [5.74, 6) is 2.15. The summed E-state index contributed by atoms with van der Waals surface area (Å²) < 4.78 is 5.99. The van der Waals surface area contributed by atoms with Gasteiger partial charge in [0, 0.05) is 48.5 Å². The molecule has 0 spiro atoms. The molecule has 7 heteroatoms. The number of furan rings is 1. The number of hydroxylamine groups is 1. The van der Waals surface area contributed by atoms with Gasteiger partial charge in [0.1, 0.15) is 24.2 Å². The van der Waals surface area contributed by atoms with Crippen molar-refractivity contribution in [3.8, 4) is 0 Å². The number of hydrazone groups is 1. The van der Waals surface area contributed by atoms with Crippen LogP contribution in [-0.4, -0.2) is 45.0 Å². The molecule has 5 rings (SSSR count). The first-order valence-electron chi connectivity index (χ1n) is 11.5. The molecule has 0 saturated carbocycles. The van der Waals surface area contributed by atoms with Gasteiger partial charge in [0.15, 0.2) is 0 Å². The fraction of sp³-hybridized carbons (Fsp3) is 0.440. The highest BCUT2D eigenvalue weighted by Crippen LogP contribution is 2.31. The van der Waals surface area contributed by atoms with Crippen molar-refractivity contribution < 1.29 is 14.4 Å². The molecule has 2 aliphatic heterocycles. The molecule has 1 unspecified atom stereocenters. The van der Waals surface area contributed by atoms with Crippen molar-refractivity contribution in [3.05, 3.63) is 76.7 Å². The van der Waals surface area contributed by atoms with Gasteiger partial charge in [-0.1, -0.05) is 18.2 Å². The Kier molecular flexibility index (Phi) is 6.10. The van der Waals surface area contributed by atoms with Crippen LogP contribution in [0, 0.1) is 6.92 Å². The number of hydrogen-bond donors (Lipinski definition) is 1. The number of aryl methyl sites for hydroxylation is 1. The second-order valence-electron chi connectivity index (χ2n) is 8.70. The molecule has 4 heterocycles. The van der Waals surface area contributed by atoms with E-state index in [0.29, 0.717) is 25.2 Å². The first kappa shape index (κ1) is 21.0. The average Bonchev–Trinajstić information content (AvgIpc) is 3.55. The first-order chi connectivity index (χ1) is 15.7. The van der Waals surface area contributed by atoms with E-state index >= 15 is 0 Å². The van der Waals surface area contributed by atoms with Crippen molar-refractivity contribution in [1.29, 1.82) is 0 Å². The smallest absolute Gasteiger partial charge is 0.135 e. The third kappa shape index (κ3) is 4.49. The second-order valence-corrected chi connectivity index (χ2v) is 8.70. The SMILES string of the molecule is Cc1oc(CON2N=C(c3cccnc3)CC2C2=C(O)CCC=C2)cc1CN1CCCC1. The largest absolute Gasteiger partial charge is 0.512 e. The van der Waals surface area contributed by atoms with Crippen molar-refractivity contribution in [2.45, 2.75) is 58.2 Å². The Morgan fingerprint density at radius 1 is 1.28 bits per heavy atom. The summed E-state index contributed by atoms with van der Waals surface area (Å²) in [6.45, 7) is 5.55. The Hall–Kier alpha value is -2.90. The minimum atomic E-state index is -0.179. The zero-order chi connectivity index (χ0) is 21.9. The Labute approximate surface area is 188 Å². The minimum Gasteiger partial charge on any atom is -0.512 e. The maximum absolute atomic E-state index is 10.5. The second kappa shape index (κ2) is 9.30. The maximum Gasteiger partial charge on any atom is 0.135 e. The number of hydrogen-bond acceptors (Lipinski definition) is 7. The molecule has 1 saturated heterocycles. The van der Waals surface area contributed by atoms with E-state index in [1.165, 1.54) is 18.4 Å². The number of nitrogens with zero attached hydrogens (tertiary/aromatic N) is 4. The predicted octanol–water partition coefficient (Wildman–Crippen LogP) is 4.65. The first-order valence-corrected chi connectivity index (χ1v) is 11.5. The van der Waals surface area contributed by atoms with Gasteiger partial charge in [-0.05, 0) is 51.4 Å². The fourth-order valence-electron chi connectivity index (χ4n) is 4.65. The standard InChI is InChI=1S/C25H30N4O3/c1-18-20(16-28-11-4-5-12-28)13-21(32-18)17-31-29-24(22-8-2-3-9-25(22)30)14-23(27-29)19-7-6-10-26-15-19/h2,6-8,10,13,15,24,30H,3-5,9,11-12,14,16-17H2,1H3. The molecule has 1 atom stereocenters. The summed E-state index contributed by atoms with van der Waals surface area (Å²) in [5.41, 5.74) is 3.95. The minimum absolute atomic E-state index is 0.179. The zero-order valence-electron chi connectivity index (χ0n) is 18.5. The Morgan fingerprint density at radius 3 is 2.94 bits per heavy atom. The van der Waals surface area contributed by atoms with Crippen LogP contribution in [0.15, 0.2) is 63.6 Å². The van der Waals surface area contributed by atoms with Crippen LogP contribution >= 0.6 is 0 Å². The molecular weight excluding hydrogens is 404 g/mol.